The zero-order chi connectivity index (χ0) is 20.8. The van der Waals surface area contributed by atoms with Gasteiger partial charge < -0.3 is 19.7 Å². The number of phenols is 2. The molecular weight excluding hydrogens is 364 g/mol. The summed E-state index contributed by atoms with van der Waals surface area (Å²) in [6.45, 7) is 8.60. The number of rotatable bonds is 3. The SMILES string of the molecule is CC(C)=CCc1cc([C@@H]2COc3c(ccc4c3C=CC(C)(C)O4)C2)c(O)cc1O. The average Bonchev–Trinajstić information content (AvgIpc) is 2.65. The molecule has 152 valence electrons. The van der Waals surface area contributed by atoms with Crippen LogP contribution in [0.3, 0.4) is 0 Å². The van der Waals surface area contributed by atoms with E-state index in [2.05, 4.69) is 18.2 Å². The Morgan fingerprint density at radius 2 is 1.97 bits per heavy atom. The van der Waals surface area contributed by atoms with Gasteiger partial charge in [0.1, 0.15) is 28.6 Å². The Balaban J connectivity index is 1.64. The molecule has 1 atom stereocenters. The van der Waals surface area contributed by atoms with Gasteiger partial charge in [0.25, 0.3) is 0 Å². The summed E-state index contributed by atoms with van der Waals surface area (Å²) in [5.41, 5.74) is 4.59. The second-order valence-corrected chi connectivity index (χ2v) is 8.74. The van der Waals surface area contributed by atoms with E-state index in [0.717, 1.165) is 40.2 Å². The number of allylic oxidation sites excluding steroid dienone is 2. The van der Waals surface area contributed by atoms with E-state index >= 15 is 0 Å². The molecule has 0 fully saturated rings. The van der Waals surface area contributed by atoms with Crippen molar-refractivity contribution in [1.82, 2.24) is 0 Å². The first-order valence-electron chi connectivity index (χ1n) is 10.1. The smallest absolute Gasteiger partial charge is 0.133 e. The molecule has 29 heavy (non-hydrogen) atoms. The van der Waals surface area contributed by atoms with Crippen LogP contribution in [0.4, 0.5) is 0 Å². The summed E-state index contributed by atoms with van der Waals surface area (Å²) < 4.78 is 12.2. The highest BCUT2D eigenvalue weighted by Gasteiger charge is 2.30. The molecule has 2 aliphatic rings. The molecule has 0 spiro atoms. The molecule has 2 aromatic carbocycles. The fourth-order valence-corrected chi connectivity index (χ4v) is 3.96. The van der Waals surface area contributed by atoms with Crippen molar-refractivity contribution in [2.45, 2.75) is 52.1 Å². The summed E-state index contributed by atoms with van der Waals surface area (Å²) in [7, 11) is 0. The minimum Gasteiger partial charge on any atom is -0.508 e. The molecule has 4 heteroatoms. The van der Waals surface area contributed by atoms with Crippen LogP contribution in [0.25, 0.3) is 6.08 Å². The lowest BCUT2D eigenvalue weighted by Crippen LogP contribution is -2.28. The van der Waals surface area contributed by atoms with Gasteiger partial charge in [0.05, 0.1) is 12.2 Å². The van der Waals surface area contributed by atoms with E-state index in [0.29, 0.717) is 13.0 Å². The van der Waals surface area contributed by atoms with E-state index in [9.17, 15) is 10.2 Å². The number of hydrogen-bond donors (Lipinski definition) is 2. The van der Waals surface area contributed by atoms with Gasteiger partial charge in [-0.2, -0.15) is 0 Å². The van der Waals surface area contributed by atoms with Crippen LogP contribution in [0.1, 0.15) is 55.9 Å². The van der Waals surface area contributed by atoms with Crippen molar-refractivity contribution >= 4 is 6.08 Å². The van der Waals surface area contributed by atoms with Crippen LogP contribution in [-0.4, -0.2) is 22.4 Å². The minimum absolute atomic E-state index is 0.0246. The Morgan fingerprint density at radius 1 is 1.17 bits per heavy atom. The average molecular weight is 392 g/mol. The van der Waals surface area contributed by atoms with Crippen molar-refractivity contribution in [3.8, 4) is 23.0 Å². The first-order valence-corrected chi connectivity index (χ1v) is 10.1. The van der Waals surface area contributed by atoms with E-state index in [-0.39, 0.29) is 23.0 Å². The molecule has 0 radical (unpaired) electrons. The van der Waals surface area contributed by atoms with Crippen molar-refractivity contribution in [2.75, 3.05) is 6.61 Å². The van der Waals surface area contributed by atoms with Gasteiger partial charge in [-0.05, 0) is 75.9 Å². The van der Waals surface area contributed by atoms with Gasteiger partial charge in [-0.25, -0.2) is 0 Å². The highest BCUT2D eigenvalue weighted by molar-refractivity contribution is 5.69. The van der Waals surface area contributed by atoms with Gasteiger partial charge in [-0.15, -0.1) is 0 Å². The fourth-order valence-electron chi connectivity index (χ4n) is 3.96. The van der Waals surface area contributed by atoms with Crippen molar-refractivity contribution in [2.24, 2.45) is 0 Å². The van der Waals surface area contributed by atoms with Gasteiger partial charge in [-0.1, -0.05) is 17.7 Å². The topological polar surface area (TPSA) is 58.9 Å². The van der Waals surface area contributed by atoms with Crippen LogP contribution < -0.4 is 9.47 Å². The predicted molar refractivity (Wildman–Crippen MR) is 115 cm³/mol. The molecular formula is C25H28O4. The van der Waals surface area contributed by atoms with E-state index < -0.39 is 0 Å². The Hall–Kier alpha value is -2.88. The number of benzene rings is 2. The van der Waals surface area contributed by atoms with Gasteiger partial charge in [0.15, 0.2) is 0 Å². The molecule has 0 saturated carbocycles. The molecule has 0 aliphatic carbocycles. The summed E-state index contributed by atoms with van der Waals surface area (Å²) in [5, 5.41) is 20.7. The number of ether oxygens (including phenoxy) is 2. The Kier molecular flexibility index (Phi) is 4.81. The van der Waals surface area contributed by atoms with Crippen molar-refractivity contribution in [3.63, 3.8) is 0 Å². The summed E-state index contributed by atoms with van der Waals surface area (Å²) in [6.07, 6.45) is 7.60. The molecule has 2 aromatic rings. The molecule has 2 N–H and O–H groups in total. The Morgan fingerprint density at radius 3 is 2.72 bits per heavy atom. The second-order valence-electron chi connectivity index (χ2n) is 8.74. The quantitative estimate of drug-likeness (QED) is 0.676. The molecule has 4 rings (SSSR count). The normalized spacial score (nSPS) is 18.8. The largest absolute Gasteiger partial charge is 0.508 e. The lowest BCUT2D eigenvalue weighted by atomic mass is 9.86. The van der Waals surface area contributed by atoms with E-state index in [1.807, 2.05) is 45.9 Å². The number of phenolic OH excluding ortho intramolecular Hbond substituents is 2. The first kappa shape index (κ1) is 19.4. The Bertz CT molecular complexity index is 1010. The van der Waals surface area contributed by atoms with Crippen LogP contribution in [-0.2, 0) is 12.8 Å². The monoisotopic (exact) mass is 392 g/mol. The highest BCUT2D eigenvalue weighted by Crippen LogP contribution is 2.44. The van der Waals surface area contributed by atoms with Crippen molar-refractivity contribution in [1.29, 1.82) is 0 Å². The van der Waals surface area contributed by atoms with Crippen molar-refractivity contribution < 1.29 is 19.7 Å². The molecule has 4 nitrogen and oxygen atoms in total. The zero-order valence-corrected chi connectivity index (χ0v) is 17.5. The van der Waals surface area contributed by atoms with Gasteiger partial charge in [0, 0.05) is 17.5 Å². The number of aromatic hydroxyl groups is 2. The van der Waals surface area contributed by atoms with Crippen LogP contribution in [0, 0.1) is 0 Å². The fraction of sp³-hybridized carbons (Fsp3) is 0.360. The lowest BCUT2D eigenvalue weighted by molar-refractivity contribution is 0.157. The summed E-state index contributed by atoms with van der Waals surface area (Å²) in [5.74, 6) is 1.97. The molecule has 0 bridgehead atoms. The van der Waals surface area contributed by atoms with Crippen molar-refractivity contribution in [3.05, 3.63) is 64.2 Å². The molecule has 0 aromatic heterocycles. The van der Waals surface area contributed by atoms with Crippen LogP contribution in [0.15, 0.2) is 42.0 Å². The van der Waals surface area contributed by atoms with E-state index in [1.54, 1.807) is 0 Å². The van der Waals surface area contributed by atoms with E-state index in [4.69, 9.17) is 9.47 Å². The predicted octanol–water partition coefficient (Wildman–Crippen LogP) is 5.51. The second kappa shape index (κ2) is 7.18. The van der Waals surface area contributed by atoms with Gasteiger partial charge >= 0.3 is 0 Å². The summed E-state index contributed by atoms with van der Waals surface area (Å²) in [4.78, 5) is 0. The highest BCUT2D eigenvalue weighted by atomic mass is 16.5. The van der Waals surface area contributed by atoms with Crippen LogP contribution in [0.5, 0.6) is 23.0 Å². The maximum absolute atomic E-state index is 10.5. The number of hydrogen-bond acceptors (Lipinski definition) is 4. The third-order valence-corrected chi connectivity index (χ3v) is 5.56. The molecule has 2 aliphatic heterocycles. The van der Waals surface area contributed by atoms with Gasteiger partial charge in [0.2, 0.25) is 0 Å². The number of fused-ring (bicyclic) bond motifs is 3. The molecule has 2 heterocycles. The van der Waals surface area contributed by atoms with Gasteiger partial charge in [-0.3, -0.25) is 0 Å². The van der Waals surface area contributed by atoms with Crippen LogP contribution >= 0.6 is 0 Å². The minimum atomic E-state index is -0.321. The first-order chi connectivity index (χ1) is 13.7. The third-order valence-electron chi connectivity index (χ3n) is 5.56. The lowest BCUT2D eigenvalue weighted by Gasteiger charge is -2.32. The van der Waals surface area contributed by atoms with Crippen LogP contribution in [0.2, 0.25) is 0 Å². The molecule has 0 unspecified atom stereocenters. The molecule has 0 amide bonds. The summed E-state index contributed by atoms with van der Waals surface area (Å²) in [6, 6.07) is 7.41. The maximum atomic E-state index is 10.5. The maximum Gasteiger partial charge on any atom is 0.133 e. The van der Waals surface area contributed by atoms with E-state index in [1.165, 1.54) is 11.6 Å². The zero-order valence-electron chi connectivity index (χ0n) is 17.5. The standard InChI is InChI=1S/C25H28O4/c1-15(2)5-6-16-12-20(22(27)13-21(16)26)18-11-17-7-8-23-19(24(17)28-14-18)9-10-25(3,4)29-23/h5,7-10,12-13,18,26-27H,6,11,14H2,1-4H3/t18-/m0/s1. The summed E-state index contributed by atoms with van der Waals surface area (Å²) >= 11 is 0. The Labute approximate surface area is 172 Å². The third kappa shape index (κ3) is 3.84. The molecule has 0 saturated heterocycles.